The van der Waals surface area contributed by atoms with Crippen molar-refractivity contribution in [3.8, 4) is 22.4 Å². The molecule has 0 aliphatic rings. The molecule has 0 saturated carbocycles. The van der Waals surface area contributed by atoms with Crippen LogP contribution >= 0.6 is 0 Å². The van der Waals surface area contributed by atoms with Gasteiger partial charge in [0.05, 0.1) is 11.2 Å². The second-order valence-corrected chi connectivity index (χ2v) is 7.40. The number of nitroso groups, excluding NO2 is 1. The van der Waals surface area contributed by atoms with Crippen molar-refractivity contribution < 1.29 is 9.59 Å². The average Bonchev–Trinajstić information content (AvgIpc) is 2.82. The normalized spacial score (nSPS) is 11.8. The van der Waals surface area contributed by atoms with E-state index in [1.165, 1.54) is 6.92 Å². The summed E-state index contributed by atoms with van der Waals surface area (Å²) in [6.45, 7) is 3.05. The summed E-state index contributed by atoms with van der Waals surface area (Å²) in [4.78, 5) is 40.4. The number of benzene rings is 3. The molecule has 3 aromatic carbocycles. The zero-order valence-electron chi connectivity index (χ0n) is 17.2. The first-order valence-corrected chi connectivity index (χ1v) is 9.97. The van der Waals surface area contributed by atoms with Gasteiger partial charge in [0, 0.05) is 22.1 Å². The van der Waals surface area contributed by atoms with E-state index in [1.807, 2.05) is 72.8 Å². The molecule has 1 aromatic heterocycles. The summed E-state index contributed by atoms with van der Waals surface area (Å²) in [6, 6.07) is 23.3. The Morgan fingerprint density at radius 3 is 2.19 bits per heavy atom. The molecule has 0 saturated heterocycles. The number of pyridine rings is 1. The maximum Gasteiger partial charge on any atom is 0.191 e. The number of carbonyl (C=O) groups excluding carboxylic acids is 2. The fraction of sp³-hybridized carbons (Fsp3) is 0.115. The average molecular weight is 408 g/mol. The van der Waals surface area contributed by atoms with Crippen molar-refractivity contribution in [3.05, 3.63) is 94.9 Å². The van der Waals surface area contributed by atoms with Gasteiger partial charge in [-0.2, -0.15) is 4.91 Å². The number of carbonyl (C=O) groups is 2. The summed E-state index contributed by atoms with van der Waals surface area (Å²) in [6.07, 6.45) is 0. The molecule has 5 nitrogen and oxygen atoms in total. The van der Waals surface area contributed by atoms with Crippen molar-refractivity contribution in [3.63, 3.8) is 0 Å². The first kappa shape index (κ1) is 20.3. The predicted molar refractivity (Wildman–Crippen MR) is 122 cm³/mol. The fourth-order valence-corrected chi connectivity index (χ4v) is 3.66. The minimum atomic E-state index is -0.968. The van der Waals surface area contributed by atoms with Crippen molar-refractivity contribution in [2.45, 2.75) is 19.9 Å². The molecule has 0 fully saturated rings. The van der Waals surface area contributed by atoms with Gasteiger partial charge in [0.15, 0.2) is 17.6 Å². The molecule has 4 rings (SSSR count). The van der Waals surface area contributed by atoms with Crippen LogP contribution < -0.4 is 0 Å². The topological polar surface area (TPSA) is 76.5 Å². The lowest BCUT2D eigenvalue weighted by Crippen LogP contribution is -2.15. The molecule has 0 N–H and O–H groups in total. The van der Waals surface area contributed by atoms with Gasteiger partial charge in [-0.25, -0.2) is 4.98 Å². The largest absolute Gasteiger partial charge is 0.294 e. The van der Waals surface area contributed by atoms with Crippen LogP contribution in [0.15, 0.2) is 84.0 Å². The Morgan fingerprint density at radius 1 is 0.839 bits per heavy atom. The number of Topliss-reactive ketones (excluding diaryl/α,β-unsaturated/α-hetero) is 2. The molecule has 31 heavy (non-hydrogen) atoms. The molecule has 0 bridgehead atoms. The molecule has 0 amide bonds. The zero-order valence-corrected chi connectivity index (χ0v) is 17.2. The molecule has 0 aliphatic carbocycles. The minimum absolute atomic E-state index is 0.0110. The van der Waals surface area contributed by atoms with E-state index >= 15 is 0 Å². The van der Waals surface area contributed by atoms with Gasteiger partial charge in [0.25, 0.3) is 0 Å². The van der Waals surface area contributed by atoms with Crippen molar-refractivity contribution in [2.75, 3.05) is 0 Å². The third-order valence-electron chi connectivity index (χ3n) is 5.32. The van der Waals surface area contributed by atoms with Crippen LogP contribution in [-0.2, 0) is 0 Å². The van der Waals surface area contributed by atoms with E-state index < -0.39 is 6.04 Å². The molecule has 0 radical (unpaired) electrons. The van der Waals surface area contributed by atoms with Gasteiger partial charge in [-0.05, 0) is 37.1 Å². The van der Waals surface area contributed by atoms with Gasteiger partial charge in [0.2, 0.25) is 0 Å². The van der Waals surface area contributed by atoms with E-state index in [0.717, 1.165) is 16.7 Å². The van der Waals surface area contributed by atoms with E-state index in [2.05, 4.69) is 5.18 Å². The van der Waals surface area contributed by atoms with Crippen LogP contribution in [0.3, 0.4) is 0 Å². The molecule has 5 heteroatoms. The SMILES string of the molecule is CC(=O)c1ccccc1-c1ccc(-c2cc(C(=O)C(C)N=O)c3ccccc3n2)cc1. The fourth-order valence-electron chi connectivity index (χ4n) is 3.66. The Bertz CT molecular complexity index is 1310. The first-order chi connectivity index (χ1) is 15.0. The van der Waals surface area contributed by atoms with Gasteiger partial charge >= 0.3 is 0 Å². The summed E-state index contributed by atoms with van der Waals surface area (Å²) in [5, 5.41) is 3.59. The van der Waals surface area contributed by atoms with E-state index in [-0.39, 0.29) is 11.6 Å². The number of hydrogen-bond donors (Lipinski definition) is 0. The maximum atomic E-state index is 12.8. The molecule has 4 aromatic rings. The van der Waals surface area contributed by atoms with E-state index in [4.69, 9.17) is 4.98 Å². The van der Waals surface area contributed by atoms with Crippen LogP contribution in [0.5, 0.6) is 0 Å². The van der Waals surface area contributed by atoms with Gasteiger partial charge in [-0.1, -0.05) is 71.9 Å². The summed E-state index contributed by atoms with van der Waals surface area (Å²) < 4.78 is 0. The highest BCUT2D eigenvalue weighted by molar-refractivity contribution is 6.10. The summed E-state index contributed by atoms with van der Waals surface area (Å²) >= 11 is 0. The highest BCUT2D eigenvalue weighted by atomic mass is 16.3. The number of ketones is 2. The summed E-state index contributed by atoms with van der Waals surface area (Å²) in [5.74, 6) is -0.321. The van der Waals surface area contributed by atoms with Crippen molar-refractivity contribution >= 4 is 22.5 Å². The lowest BCUT2D eigenvalue weighted by atomic mass is 9.95. The van der Waals surface area contributed by atoms with Crippen molar-refractivity contribution in [1.82, 2.24) is 4.98 Å². The van der Waals surface area contributed by atoms with Gasteiger partial charge in [-0.3, -0.25) is 9.59 Å². The lowest BCUT2D eigenvalue weighted by Gasteiger charge is -2.11. The Morgan fingerprint density at radius 2 is 1.48 bits per heavy atom. The number of hydrogen-bond acceptors (Lipinski definition) is 5. The minimum Gasteiger partial charge on any atom is -0.294 e. The Balaban J connectivity index is 1.80. The zero-order chi connectivity index (χ0) is 22.0. The predicted octanol–water partition coefficient (Wildman–Crippen LogP) is 6.11. The molecular formula is C26H20N2O3. The van der Waals surface area contributed by atoms with Crippen LogP contribution in [0.4, 0.5) is 0 Å². The van der Waals surface area contributed by atoms with E-state index in [0.29, 0.717) is 27.7 Å². The highest BCUT2D eigenvalue weighted by Gasteiger charge is 2.20. The van der Waals surface area contributed by atoms with E-state index in [1.54, 1.807) is 13.0 Å². The lowest BCUT2D eigenvalue weighted by molar-refractivity contribution is 0.0968. The van der Waals surface area contributed by atoms with Crippen LogP contribution in [0, 0.1) is 4.91 Å². The van der Waals surface area contributed by atoms with Crippen molar-refractivity contribution in [1.29, 1.82) is 0 Å². The molecular weight excluding hydrogens is 388 g/mol. The quantitative estimate of drug-likeness (QED) is 0.285. The smallest absolute Gasteiger partial charge is 0.191 e. The van der Waals surface area contributed by atoms with Crippen LogP contribution in [-0.4, -0.2) is 22.6 Å². The molecule has 0 aliphatic heterocycles. The monoisotopic (exact) mass is 408 g/mol. The van der Waals surface area contributed by atoms with Gasteiger partial charge < -0.3 is 0 Å². The number of rotatable bonds is 6. The Kier molecular flexibility index (Phi) is 5.50. The second-order valence-electron chi connectivity index (χ2n) is 7.40. The highest BCUT2D eigenvalue weighted by Crippen LogP contribution is 2.29. The Hall–Kier alpha value is -3.99. The van der Waals surface area contributed by atoms with Gasteiger partial charge in [0.1, 0.15) is 0 Å². The summed E-state index contributed by atoms with van der Waals surface area (Å²) in [5.41, 5.74) is 5.02. The molecule has 152 valence electrons. The third-order valence-corrected chi connectivity index (χ3v) is 5.32. The van der Waals surface area contributed by atoms with Crippen LogP contribution in [0.2, 0.25) is 0 Å². The number of nitrogens with zero attached hydrogens (tertiary/aromatic N) is 2. The molecule has 1 unspecified atom stereocenters. The third kappa shape index (κ3) is 3.90. The first-order valence-electron chi connectivity index (χ1n) is 9.97. The number of aromatic nitrogens is 1. The molecule has 1 heterocycles. The molecule has 0 spiro atoms. The molecule has 1 atom stereocenters. The van der Waals surface area contributed by atoms with Crippen LogP contribution in [0.25, 0.3) is 33.3 Å². The summed E-state index contributed by atoms with van der Waals surface area (Å²) in [7, 11) is 0. The van der Waals surface area contributed by atoms with E-state index in [9.17, 15) is 14.5 Å². The number of fused-ring (bicyclic) bond motifs is 1. The number of para-hydroxylation sites is 1. The van der Waals surface area contributed by atoms with Gasteiger partial charge in [-0.15, -0.1) is 0 Å². The van der Waals surface area contributed by atoms with Crippen molar-refractivity contribution in [2.24, 2.45) is 5.18 Å². The van der Waals surface area contributed by atoms with Crippen LogP contribution in [0.1, 0.15) is 34.6 Å². The standard InChI is InChI=1S/C26H20N2O3/c1-16(28-31)26(30)23-15-25(27-24-10-6-5-9-22(23)24)19-13-11-18(12-14-19)21-8-4-3-7-20(21)17(2)29/h3-16H,1-2H3. The maximum absolute atomic E-state index is 12.8. The second kappa shape index (κ2) is 8.40. The Labute approximate surface area is 179 Å².